The quantitative estimate of drug-likeness (QED) is 0.517. The van der Waals surface area contributed by atoms with E-state index in [2.05, 4.69) is 23.0 Å². The van der Waals surface area contributed by atoms with Gasteiger partial charge < -0.3 is 11.5 Å². The van der Waals surface area contributed by atoms with Crippen molar-refractivity contribution in [2.24, 2.45) is 0 Å². The van der Waals surface area contributed by atoms with Crippen molar-refractivity contribution >= 4 is 22.5 Å². The number of nitrogen functional groups attached to an aromatic ring is 2. The molecule has 0 fully saturated rings. The molecule has 2 aromatic carbocycles. The number of pyridine rings is 1. The molecule has 0 atom stereocenters. The van der Waals surface area contributed by atoms with Gasteiger partial charge >= 0.3 is 0 Å². The van der Waals surface area contributed by atoms with Crippen molar-refractivity contribution in [3.05, 3.63) is 87.5 Å². The van der Waals surface area contributed by atoms with E-state index in [1.807, 2.05) is 66.1 Å². The number of para-hydroxylation sites is 1. The van der Waals surface area contributed by atoms with E-state index in [9.17, 15) is 4.79 Å². The number of rotatable bonds is 2. The molecule has 0 saturated heterocycles. The van der Waals surface area contributed by atoms with Gasteiger partial charge in [-0.15, -0.1) is 0 Å². The number of benzene rings is 2. The maximum absolute atomic E-state index is 12.9. The Bertz CT molecular complexity index is 1310. The standard InChI is InChI=1S/C18H17NO.C6H7N5/c1-3-15-12-14-9-7-8-13(2)17(14)18(20)19(15)16-10-5-4-6-11-16;1-3-4(2-7)5(8)11-6(9)10-3/h4-12H,3H2,1-2H3;1H3,(H4,8,9,10,11). The molecule has 0 aliphatic heterocycles. The van der Waals surface area contributed by atoms with E-state index < -0.39 is 0 Å². The molecule has 0 radical (unpaired) electrons. The lowest BCUT2D eigenvalue weighted by atomic mass is 10.1. The fourth-order valence-electron chi connectivity index (χ4n) is 3.47. The molecule has 7 nitrogen and oxygen atoms in total. The SMILES string of the molecule is CCc1cc2cccc(C)c2c(=O)n1-c1ccccc1.Cc1nc(N)nc(N)c1C#N. The van der Waals surface area contributed by atoms with Crippen molar-refractivity contribution < 1.29 is 0 Å². The second-order valence-electron chi connectivity index (χ2n) is 7.04. The summed E-state index contributed by atoms with van der Waals surface area (Å²) in [7, 11) is 0. The maximum Gasteiger partial charge on any atom is 0.263 e. The third-order valence-electron chi connectivity index (χ3n) is 4.95. The van der Waals surface area contributed by atoms with Crippen LogP contribution in [0.4, 0.5) is 11.8 Å². The molecule has 0 aliphatic carbocycles. The molecule has 0 bridgehead atoms. The number of fused-ring (bicyclic) bond motifs is 1. The van der Waals surface area contributed by atoms with Crippen LogP contribution in [-0.2, 0) is 6.42 Å². The van der Waals surface area contributed by atoms with Gasteiger partial charge in [-0.05, 0) is 49.4 Å². The number of hydrogen-bond acceptors (Lipinski definition) is 6. The fourth-order valence-corrected chi connectivity index (χ4v) is 3.47. The molecule has 31 heavy (non-hydrogen) atoms. The Morgan fingerprint density at radius 3 is 2.35 bits per heavy atom. The lowest BCUT2D eigenvalue weighted by Crippen LogP contribution is -2.22. The van der Waals surface area contributed by atoms with Crippen LogP contribution in [0, 0.1) is 25.2 Å². The number of hydrogen-bond donors (Lipinski definition) is 2. The maximum atomic E-state index is 12.9. The first kappa shape index (κ1) is 21.5. The van der Waals surface area contributed by atoms with Gasteiger partial charge in [0.2, 0.25) is 5.95 Å². The second-order valence-corrected chi connectivity index (χ2v) is 7.04. The lowest BCUT2D eigenvalue weighted by Gasteiger charge is -2.14. The average molecular weight is 412 g/mol. The van der Waals surface area contributed by atoms with Crippen molar-refractivity contribution in [2.75, 3.05) is 11.5 Å². The highest BCUT2D eigenvalue weighted by Gasteiger charge is 2.11. The normalized spacial score (nSPS) is 10.3. The van der Waals surface area contributed by atoms with E-state index in [1.54, 1.807) is 6.92 Å². The molecule has 0 spiro atoms. The van der Waals surface area contributed by atoms with E-state index in [-0.39, 0.29) is 17.3 Å². The number of nitrogens with zero attached hydrogens (tertiary/aromatic N) is 4. The monoisotopic (exact) mass is 412 g/mol. The van der Waals surface area contributed by atoms with Crippen LogP contribution in [0.15, 0.2) is 59.4 Å². The summed E-state index contributed by atoms with van der Waals surface area (Å²) in [4.78, 5) is 20.3. The number of aromatic nitrogens is 3. The summed E-state index contributed by atoms with van der Waals surface area (Å²) in [6.45, 7) is 5.73. The molecule has 156 valence electrons. The molecule has 0 amide bonds. The Balaban J connectivity index is 0.000000210. The van der Waals surface area contributed by atoms with Gasteiger partial charge in [-0.25, -0.2) is 4.98 Å². The molecule has 7 heteroatoms. The topological polar surface area (TPSA) is 124 Å². The lowest BCUT2D eigenvalue weighted by molar-refractivity contribution is 0.888. The molecule has 2 aromatic heterocycles. The summed E-state index contributed by atoms with van der Waals surface area (Å²) in [5.41, 5.74) is 14.5. The smallest absolute Gasteiger partial charge is 0.263 e. The minimum atomic E-state index is 0.0728. The first-order chi connectivity index (χ1) is 14.9. The Morgan fingerprint density at radius 1 is 1.03 bits per heavy atom. The Hall–Kier alpha value is -4.18. The van der Waals surface area contributed by atoms with Crippen molar-refractivity contribution in [3.63, 3.8) is 0 Å². The highest BCUT2D eigenvalue weighted by Crippen LogP contribution is 2.19. The molecule has 4 N–H and O–H groups in total. The predicted molar refractivity (Wildman–Crippen MR) is 124 cm³/mol. The molecule has 0 saturated carbocycles. The van der Waals surface area contributed by atoms with E-state index >= 15 is 0 Å². The van der Waals surface area contributed by atoms with E-state index in [0.717, 1.165) is 34.1 Å². The Morgan fingerprint density at radius 2 is 1.74 bits per heavy atom. The first-order valence-corrected chi connectivity index (χ1v) is 9.86. The molecule has 4 aromatic rings. The first-order valence-electron chi connectivity index (χ1n) is 9.86. The van der Waals surface area contributed by atoms with Gasteiger partial charge in [0.15, 0.2) is 0 Å². The highest BCUT2D eigenvalue weighted by molar-refractivity contribution is 5.85. The number of aryl methyl sites for hydroxylation is 3. The number of nitriles is 1. The van der Waals surface area contributed by atoms with Crippen LogP contribution in [0.5, 0.6) is 0 Å². The van der Waals surface area contributed by atoms with Gasteiger partial charge in [-0.1, -0.05) is 43.3 Å². The minimum absolute atomic E-state index is 0.0728. The minimum Gasteiger partial charge on any atom is -0.382 e. The van der Waals surface area contributed by atoms with Gasteiger partial charge in [-0.3, -0.25) is 9.36 Å². The van der Waals surface area contributed by atoms with Crippen LogP contribution in [0.2, 0.25) is 0 Å². The zero-order valence-corrected chi connectivity index (χ0v) is 17.8. The van der Waals surface area contributed by atoms with Crippen LogP contribution in [0.3, 0.4) is 0 Å². The van der Waals surface area contributed by atoms with Gasteiger partial charge in [0.05, 0.1) is 11.1 Å². The van der Waals surface area contributed by atoms with Crippen molar-refractivity contribution in [1.29, 1.82) is 5.26 Å². The fraction of sp³-hybridized carbons (Fsp3) is 0.167. The Labute approximate surface area is 180 Å². The summed E-state index contributed by atoms with van der Waals surface area (Å²) in [6, 6.07) is 19.9. The molecule has 2 heterocycles. The Kier molecular flexibility index (Phi) is 6.32. The highest BCUT2D eigenvalue weighted by atomic mass is 16.1. The van der Waals surface area contributed by atoms with Gasteiger partial charge in [0, 0.05) is 11.4 Å². The van der Waals surface area contributed by atoms with Gasteiger partial charge in [-0.2, -0.15) is 10.2 Å². The van der Waals surface area contributed by atoms with E-state index in [4.69, 9.17) is 16.7 Å². The van der Waals surface area contributed by atoms with Crippen molar-refractivity contribution in [1.82, 2.24) is 14.5 Å². The largest absolute Gasteiger partial charge is 0.382 e. The zero-order chi connectivity index (χ0) is 22.5. The van der Waals surface area contributed by atoms with Crippen molar-refractivity contribution in [2.45, 2.75) is 27.2 Å². The summed E-state index contributed by atoms with van der Waals surface area (Å²) >= 11 is 0. The van der Waals surface area contributed by atoms with Gasteiger partial charge in [0.1, 0.15) is 17.5 Å². The molecule has 0 unspecified atom stereocenters. The molecule has 4 rings (SSSR count). The summed E-state index contributed by atoms with van der Waals surface area (Å²) in [6.07, 6.45) is 0.827. The summed E-state index contributed by atoms with van der Waals surface area (Å²) < 4.78 is 1.83. The number of anilines is 2. The van der Waals surface area contributed by atoms with Crippen LogP contribution >= 0.6 is 0 Å². The molecular formula is C24H24N6O. The predicted octanol–water partition coefficient (Wildman–Crippen LogP) is 3.68. The molecule has 0 aliphatic rings. The van der Waals surface area contributed by atoms with Gasteiger partial charge in [0.25, 0.3) is 5.56 Å². The van der Waals surface area contributed by atoms with E-state index in [1.165, 1.54) is 0 Å². The average Bonchev–Trinajstić information content (AvgIpc) is 2.74. The third kappa shape index (κ3) is 4.38. The molecular weight excluding hydrogens is 388 g/mol. The second kappa shape index (κ2) is 9.09. The van der Waals surface area contributed by atoms with Crippen LogP contribution in [0.1, 0.15) is 29.4 Å². The van der Waals surface area contributed by atoms with Crippen LogP contribution in [-0.4, -0.2) is 14.5 Å². The van der Waals surface area contributed by atoms with E-state index in [0.29, 0.717) is 11.3 Å². The van der Waals surface area contributed by atoms with Crippen LogP contribution < -0.4 is 17.0 Å². The zero-order valence-electron chi connectivity index (χ0n) is 17.8. The van der Waals surface area contributed by atoms with Crippen molar-refractivity contribution in [3.8, 4) is 11.8 Å². The summed E-state index contributed by atoms with van der Waals surface area (Å²) in [5, 5.41) is 10.4. The number of nitrogens with two attached hydrogens (primary N) is 2. The van der Waals surface area contributed by atoms with Crippen LogP contribution in [0.25, 0.3) is 16.5 Å². The third-order valence-corrected chi connectivity index (χ3v) is 4.95. The summed E-state index contributed by atoms with van der Waals surface area (Å²) in [5.74, 6) is 0.233.